The van der Waals surface area contributed by atoms with Gasteiger partial charge >= 0.3 is 0 Å². The molecule has 1 aliphatic carbocycles. The molecule has 0 unspecified atom stereocenters. The van der Waals surface area contributed by atoms with Crippen molar-refractivity contribution in [3.05, 3.63) is 47.2 Å². The van der Waals surface area contributed by atoms with Crippen LogP contribution in [-0.2, 0) is 4.79 Å². The van der Waals surface area contributed by atoms with Crippen molar-refractivity contribution in [2.24, 2.45) is 5.92 Å². The van der Waals surface area contributed by atoms with Crippen molar-refractivity contribution in [3.8, 4) is 11.3 Å². The van der Waals surface area contributed by atoms with Crippen molar-refractivity contribution in [1.82, 2.24) is 10.2 Å². The Hall–Kier alpha value is -2.27. The highest BCUT2D eigenvalue weighted by Gasteiger charge is 2.39. The minimum Gasteiger partial charge on any atom is -0.451 e. The number of carbonyl (C=O) groups is 2. The van der Waals surface area contributed by atoms with E-state index in [1.165, 1.54) is 0 Å². The van der Waals surface area contributed by atoms with Gasteiger partial charge in [0.1, 0.15) is 5.76 Å². The molecule has 2 amide bonds. The molecule has 6 heteroatoms. The average Bonchev–Trinajstić information content (AvgIpc) is 3.20. The summed E-state index contributed by atoms with van der Waals surface area (Å²) >= 11 is 6.16. The predicted molar refractivity (Wildman–Crippen MR) is 94.3 cm³/mol. The molecule has 25 heavy (non-hydrogen) atoms. The predicted octanol–water partition coefficient (Wildman–Crippen LogP) is 3.34. The van der Waals surface area contributed by atoms with Crippen LogP contribution < -0.4 is 5.32 Å². The quantitative estimate of drug-likeness (QED) is 0.891. The first-order valence-corrected chi connectivity index (χ1v) is 8.92. The van der Waals surface area contributed by atoms with Crippen LogP contribution in [0.2, 0.25) is 5.02 Å². The third kappa shape index (κ3) is 3.42. The van der Waals surface area contributed by atoms with E-state index < -0.39 is 0 Å². The molecule has 4 rings (SSSR count). The third-order valence-electron chi connectivity index (χ3n) is 4.75. The van der Waals surface area contributed by atoms with Crippen LogP contribution in [-0.4, -0.2) is 35.8 Å². The van der Waals surface area contributed by atoms with Gasteiger partial charge in [-0.3, -0.25) is 9.59 Å². The molecule has 1 atom stereocenters. The van der Waals surface area contributed by atoms with E-state index in [1.807, 2.05) is 23.1 Å². The maximum atomic E-state index is 12.3. The lowest BCUT2D eigenvalue weighted by atomic mass is 10.1. The Morgan fingerprint density at radius 3 is 2.80 bits per heavy atom. The molecule has 1 aromatic carbocycles. The molecular weight excluding hydrogens is 340 g/mol. The first-order valence-electron chi connectivity index (χ1n) is 8.54. The maximum absolute atomic E-state index is 12.3. The Kier molecular flexibility index (Phi) is 4.25. The molecule has 0 bridgehead atoms. The van der Waals surface area contributed by atoms with Crippen molar-refractivity contribution >= 4 is 23.4 Å². The summed E-state index contributed by atoms with van der Waals surface area (Å²) in [6.07, 6.45) is 2.74. The number of hydrogen-bond acceptors (Lipinski definition) is 3. The van der Waals surface area contributed by atoms with Gasteiger partial charge in [-0.1, -0.05) is 23.7 Å². The van der Waals surface area contributed by atoms with Gasteiger partial charge in [0.25, 0.3) is 5.91 Å². The monoisotopic (exact) mass is 358 g/mol. The van der Waals surface area contributed by atoms with Crippen molar-refractivity contribution < 1.29 is 14.0 Å². The lowest BCUT2D eigenvalue weighted by molar-refractivity contribution is -0.128. The summed E-state index contributed by atoms with van der Waals surface area (Å²) in [4.78, 5) is 26.2. The van der Waals surface area contributed by atoms with Gasteiger partial charge in [-0.2, -0.15) is 0 Å². The van der Waals surface area contributed by atoms with Gasteiger partial charge < -0.3 is 14.6 Å². The molecule has 130 valence electrons. The van der Waals surface area contributed by atoms with Crippen molar-refractivity contribution in [2.45, 2.75) is 25.3 Å². The molecule has 2 heterocycles. The summed E-state index contributed by atoms with van der Waals surface area (Å²) in [5.41, 5.74) is 0.754. The fourth-order valence-electron chi connectivity index (χ4n) is 3.27. The Bertz CT molecular complexity index is 813. The van der Waals surface area contributed by atoms with Crippen molar-refractivity contribution in [2.75, 3.05) is 13.1 Å². The van der Waals surface area contributed by atoms with Crippen molar-refractivity contribution in [3.63, 3.8) is 0 Å². The van der Waals surface area contributed by atoms with Gasteiger partial charge in [0.05, 0.1) is 5.02 Å². The average molecular weight is 359 g/mol. The fourth-order valence-corrected chi connectivity index (χ4v) is 3.50. The molecule has 1 N–H and O–H groups in total. The highest BCUT2D eigenvalue weighted by Crippen LogP contribution is 2.32. The highest BCUT2D eigenvalue weighted by atomic mass is 35.5. The summed E-state index contributed by atoms with van der Waals surface area (Å²) < 4.78 is 5.64. The largest absolute Gasteiger partial charge is 0.451 e. The Morgan fingerprint density at radius 1 is 1.24 bits per heavy atom. The van der Waals surface area contributed by atoms with Crippen LogP contribution in [0.25, 0.3) is 11.3 Å². The highest BCUT2D eigenvalue weighted by molar-refractivity contribution is 6.33. The molecule has 1 aromatic heterocycles. The van der Waals surface area contributed by atoms with Gasteiger partial charge in [0, 0.05) is 37.0 Å². The number of hydrogen-bond donors (Lipinski definition) is 1. The van der Waals surface area contributed by atoms with Crippen LogP contribution >= 0.6 is 11.6 Å². The van der Waals surface area contributed by atoms with Crippen LogP contribution in [0.15, 0.2) is 40.8 Å². The summed E-state index contributed by atoms with van der Waals surface area (Å²) in [5, 5.41) is 3.45. The maximum Gasteiger partial charge on any atom is 0.287 e. The summed E-state index contributed by atoms with van der Waals surface area (Å²) in [6, 6.07) is 11.2. The zero-order chi connectivity index (χ0) is 17.4. The van der Waals surface area contributed by atoms with E-state index in [9.17, 15) is 9.59 Å². The number of nitrogens with zero attached hydrogens (tertiary/aromatic N) is 1. The molecule has 5 nitrogen and oxygen atoms in total. The number of furan rings is 1. The third-order valence-corrected chi connectivity index (χ3v) is 5.08. The second kappa shape index (κ2) is 6.56. The smallest absolute Gasteiger partial charge is 0.287 e. The number of benzene rings is 1. The van der Waals surface area contributed by atoms with Crippen LogP contribution in [0.3, 0.4) is 0 Å². The lowest BCUT2D eigenvalue weighted by Gasteiger charge is -2.15. The molecule has 0 spiro atoms. The zero-order valence-corrected chi connectivity index (χ0v) is 14.5. The fraction of sp³-hybridized carbons (Fsp3) is 0.368. The van der Waals surface area contributed by atoms with Gasteiger partial charge in [-0.15, -0.1) is 0 Å². The second-order valence-electron chi connectivity index (χ2n) is 6.70. The van der Waals surface area contributed by atoms with Crippen LogP contribution in [0, 0.1) is 5.92 Å². The second-order valence-corrected chi connectivity index (χ2v) is 7.11. The van der Waals surface area contributed by atoms with E-state index in [0.29, 0.717) is 29.8 Å². The SMILES string of the molecule is O=C(NC[C@@H]1CC(=O)N(C2CC2)C1)c1ccc(-c2ccccc2Cl)o1. The number of carbonyl (C=O) groups excluding carboxylic acids is 2. The summed E-state index contributed by atoms with van der Waals surface area (Å²) in [5.74, 6) is 0.927. The van der Waals surface area contributed by atoms with Crippen LogP contribution in [0.4, 0.5) is 0 Å². The number of likely N-dealkylation sites (tertiary alicyclic amines) is 1. The molecule has 2 aromatic rings. The molecule has 0 radical (unpaired) electrons. The number of nitrogens with one attached hydrogen (secondary N) is 1. The Balaban J connectivity index is 1.36. The van der Waals surface area contributed by atoms with E-state index in [-0.39, 0.29) is 23.5 Å². The van der Waals surface area contributed by atoms with E-state index in [4.69, 9.17) is 16.0 Å². The van der Waals surface area contributed by atoms with E-state index >= 15 is 0 Å². The molecule has 1 saturated carbocycles. The molecule has 2 aliphatic rings. The van der Waals surface area contributed by atoms with E-state index in [2.05, 4.69) is 5.32 Å². The van der Waals surface area contributed by atoms with Crippen LogP contribution in [0.5, 0.6) is 0 Å². The van der Waals surface area contributed by atoms with E-state index in [1.54, 1.807) is 18.2 Å². The van der Waals surface area contributed by atoms with Gasteiger partial charge in [-0.25, -0.2) is 0 Å². The Morgan fingerprint density at radius 2 is 2.04 bits per heavy atom. The first-order chi connectivity index (χ1) is 12.1. The minimum atomic E-state index is -0.268. The topological polar surface area (TPSA) is 62.6 Å². The normalized spacial score (nSPS) is 20.1. The number of halogens is 1. The summed E-state index contributed by atoms with van der Waals surface area (Å²) in [7, 11) is 0. The first kappa shape index (κ1) is 16.2. The van der Waals surface area contributed by atoms with Crippen molar-refractivity contribution in [1.29, 1.82) is 0 Å². The van der Waals surface area contributed by atoms with Gasteiger partial charge in [-0.05, 0) is 37.1 Å². The molecular formula is C19H19ClN2O3. The Labute approximate surface area is 150 Å². The van der Waals surface area contributed by atoms with Crippen LogP contribution in [0.1, 0.15) is 29.8 Å². The zero-order valence-electron chi connectivity index (χ0n) is 13.7. The minimum absolute atomic E-state index is 0.176. The molecule has 1 saturated heterocycles. The number of rotatable bonds is 5. The van der Waals surface area contributed by atoms with Gasteiger partial charge in [0.15, 0.2) is 5.76 Å². The lowest BCUT2D eigenvalue weighted by Crippen LogP contribution is -2.31. The number of amides is 2. The van der Waals surface area contributed by atoms with E-state index in [0.717, 1.165) is 24.9 Å². The molecule has 2 fully saturated rings. The standard InChI is InChI=1S/C19H19ClN2O3/c20-15-4-2-1-3-14(15)16-7-8-17(25-16)19(24)21-10-12-9-18(23)22(11-12)13-5-6-13/h1-4,7-8,12-13H,5-6,9-11H2,(H,21,24)/t12-/m0/s1. The van der Waals surface area contributed by atoms with Gasteiger partial charge in [0.2, 0.25) is 5.91 Å². The summed E-state index contributed by atoms with van der Waals surface area (Å²) in [6.45, 7) is 1.22. The molecule has 1 aliphatic heterocycles.